The fourth-order valence-corrected chi connectivity index (χ4v) is 2.09. The van der Waals surface area contributed by atoms with Crippen molar-refractivity contribution in [1.29, 1.82) is 0 Å². The van der Waals surface area contributed by atoms with Crippen LogP contribution in [0.5, 0.6) is 0 Å². The number of hydrogen-bond donors (Lipinski definition) is 1. The highest BCUT2D eigenvalue weighted by Gasteiger charge is 2.39. The summed E-state index contributed by atoms with van der Waals surface area (Å²) in [5.74, 6) is 2.08. The van der Waals surface area contributed by atoms with Crippen molar-refractivity contribution in [3.8, 4) is 0 Å². The molecule has 0 amide bonds. The van der Waals surface area contributed by atoms with Crippen LogP contribution in [0.25, 0.3) is 0 Å². The molecule has 0 radical (unpaired) electrons. The zero-order chi connectivity index (χ0) is 9.35. The average molecular weight is 167 g/mol. The smallest absolute Gasteiger partial charge is 0.0428 e. The van der Waals surface area contributed by atoms with Crippen molar-refractivity contribution >= 4 is 0 Å². The molecule has 0 aliphatic carbocycles. The molecule has 0 aromatic carbocycles. The van der Waals surface area contributed by atoms with Crippen LogP contribution >= 0.6 is 0 Å². The molecule has 1 N–H and O–H groups in total. The molecule has 1 aliphatic rings. The van der Waals surface area contributed by atoms with E-state index in [1.54, 1.807) is 0 Å². The highest BCUT2D eigenvalue weighted by molar-refractivity contribution is 5.12. The molecular formula is C11H21N. The van der Waals surface area contributed by atoms with Gasteiger partial charge in [-0.15, -0.1) is 0 Å². The van der Waals surface area contributed by atoms with Crippen LogP contribution in [0.2, 0.25) is 0 Å². The predicted molar refractivity (Wildman–Crippen MR) is 53.8 cm³/mol. The summed E-state index contributed by atoms with van der Waals surface area (Å²) in [7, 11) is 0. The van der Waals surface area contributed by atoms with Gasteiger partial charge >= 0.3 is 0 Å². The van der Waals surface area contributed by atoms with Gasteiger partial charge in [-0.2, -0.15) is 0 Å². The Kier molecular flexibility index (Phi) is 2.50. The lowest BCUT2D eigenvalue weighted by molar-refractivity contribution is 0.196. The Labute approximate surface area is 76.2 Å². The van der Waals surface area contributed by atoms with Crippen LogP contribution in [0.15, 0.2) is 12.3 Å². The third-order valence-electron chi connectivity index (χ3n) is 3.31. The van der Waals surface area contributed by atoms with Crippen molar-refractivity contribution in [3.05, 3.63) is 12.3 Å². The summed E-state index contributed by atoms with van der Waals surface area (Å²) in [5.41, 5.74) is 0.272. The van der Waals surface area contributed by atoms with Gasteiger partial charge in [-0.3, -0.25) is 0 Å². The van der Waals surface area contributed by atoms with E-state index >= 15 is 0 Å². The van der Waals surface area contributed by atoms with E-state index in [0.29, 0.717) is 11.8 Å². The molecule has 1 unspecified atom stereocenters. The van der Waals surface area contributed by atoms with E-state index in [2.05, 4.69) is 52.2 Å². The van der Waals surface area contributed by atoms with Crippen LogP contribution in [-0.2, 0) is 0 Å². The Hall–Kier alpha value is -0.460. The van der Waals surface area contributed by atoms with Crippen molar-refractivity contribution < 1.29 is 0 Å². The summed E-state index contributed by atoms with van der Waals surface area (Å²) in [5, 5.41) is 3.48. The number of nitrogens with one attached hydrogen (secondary N) is 1. The molecule has 1 aliphatic heterocycles. The van der Waals surface area contributed by atoms with Crippen LogP contribution in [0.3, 0.4) is 0 Å². The molecule has 0 fully saturated rings. The molecule has 0 saturated carbocycles. The van der Waals surface area contributed by atoms with E-state index in [9.17, 15) is 0 Å². The van der Waals surface area contributed by atoms with Crippen molar-refractivity contribution in [2.45, 2.75) is 40.2 Å². The number of hydrogen-bond acceptors (Lipinski definition) is 1. The van der Waals surface area contributed by atoms with Gasteiger partial charge in [0.1, 0.15) is 0 Å². The van der Waals surface area contributed by atoms with Crippen molar-refractivity contribution in [2.24, 2.45) is 17.8 Å². The van der Waals surface area contributed by atoms with E-state index in [0.717, 1.165) is 5.92 Å². The molecule has 1 heteroatoms. The second-order valence-electron chi connectivity index (χ2n) is 4.71. The van der Waals surface area contributed by atoms with Gasteiger partial charge in [-0.05, 0) is 25.0 Å². The monoisotopic (exact) mass is 167 g/mol. The van der Waals surface area contributed by atoms with Crippen LogP contribution in [0, 0.1) is 17.8 Å². The summed E-state index contributed by atoms with van der Waals surface area (Å²) >= 11 is 0. The van der Waals surface area contributed by atoms with Gasteiger partial charge in [0.25, 0.3) is 0 Å². The van der Waals surface area contributed by atoms with Crippen molar-refractivity contribution in [2.75, 3.05) is 0 Å². The van der Waals surface area contributed by atoms with Crippen molar-refractivity contribution in [1.82, 2.24) is 5.32 Å². The molecule has 0 spiro atoms. The maximum absolute atomic E-state index is 3.48. The first-order valence-electron chi connectivity index (χ1n) is 4.93. The molecule has 0 aromatic heterocycles. The molecule has 0 aromatic rings. The molecule has 70 valence electrons. The predicted octanol–water partition coefficient (Wildman–Crippen LogP) is 2.79. The normalized spacial score (nSPS) is 34.8. The van der Waals surface area contributed by atoms with Gasteiger partial charge in [0.05, 0.1) is 0 Å². The zero-order valence-corrected chi connectivity index (χ0v) is 8.89. The maximum Gasteiger partial charge on any atom is 0.0428 e. The van der Waals surface area contributed by atoms with Gasteiger partial charge in [-0.25, -0.2) is 0 Å². The molecule has 0 bridgehead atoms. The molecule has 0 saturated heterocycles. The first-order valence-corrected chi connectivity index (χ1v) is 4.93. The van der Waals surface area contributed by atoms with Gasteiger partial charge in [0, 0.05) is 11.5 Å². The zero-order valence-electron chi connectivity index (χ0n) is 8.89. The Morgan fingerprint density at radius 3 is 2.17 bits per heavy atom. The van der Waals surface area contributed by atoms with Crippen LogP contribution in [-0.4, -0.2) is 5.54 Å². The minimum absolute atomic E-state index is 0.272. The molecular weight excluding hydrogens is 146 g/mol. The van der Waals surface area contributed by atoms with E-state index < -0.39 is 0 Å². The second-order valence-corrected chi connectivity index (χ2v) is 4.71. The van der Waals surface area contributed by atoms with Gasteiger partial charge in [-0.1, -0.05) is 33.8 Å². The molecule has 1 rings (SSSR count). The van der Waals surface area contributed by atoms with Crippen LogP contribution < -0.4 is 5.32 Å². The quantitative estimate of drug-likeness (QED) is 0.667. The minimum atomic E-state index is 0.272. The Morgan fingerprint density at radius 1 is 1.25 bits per heavy atom. The second kappa shape index (κ2) is 3.12. The topological polar surface area (TPSA) is 12.0 Å². The lowest BCUT2D eigenvalue weighted by atomic mass is 9.73. The minimum Gasteiger partial charge on any atom is -0.385 e. The van der Waals surface area contributed by atoms with Crippen molar-refractivity contribution in [3.63, 3.8) is 0 Å². The van der Waals surface area contributed by atoms with Gasteiger partial charge in [0.15, 0.2) is 0 Å². The maximum atomic E-state index is 3.48. The Morgan fingerprint density at radius 2 is 1.83 bits per heavy atom. The number of rotatable bonds is 2. The lowest BCUT2D eigenvalue weighted by Gasteiger charge is -2.38. The summed E-state index contributed by atoms with van der Waals surface area (Å²) in [4.78, 5) is 0. The molecule has 1 nitrogen and oxygen atoms in total. The van der Waals surface area contributed by atoms with Gasteiger partial charge in [0.2, 0.25) is 0 Å². The Balaban J connectivity index is 2.79. The fraction of sp³-hybridized carbons (Fsp3) is 0.818. The third-order valence-corrected chi connectivity index (χ3v) is 3.31. The summed E-state index contributed by atoms with van der Waals surface area (Å²) in [6.45, 7) is 11.5. The standard InChI is InChI=1S/C11H21N/c1-8(2)10-6-7-12-11(10,5)9(3)4/h6-10,12H,1-5H3/t10?,11-/m0/s1. The Bertz CT molecular complexity index is 181. The molecule has 2 atom stereocenters. The van der Waals surface area contributed by atoms with E-state index in [4.69, 9.17) is 0 Å². The summed E-state index contributed by atoms with van der Waals surface area (Å²) in [6.07, 6.45) is 4.43. The van der Waals surface area contributed by atoms with E-state index in [1.165, 1.54) is 0 Å². The largest absolute Gasteiger partial charge is 0.385 e. The SMILES string of the molecule is CC(C)C1C=CN[C@@]1(C)C(C)C. The highest BCUT2D eigenvalue weighted by Crippen LogP contribution is 2.35. The fourth-order valence-electron chi connectivity index (χ4n) is 2.09. The van der Waals surface area contributed by atoms with Crippen LogP contribution in [0.4, 0.5) is 0 Å². The summed E-state index contributed by atoms with van der Waals surface area (Å²) in [6, 6.07) is 0. The molecule has 1 heterocycles. The summed E-state index contributed by atoms with van der Waals surface area (Å²) < 4.78 is 0. The molecule has 12 heavy (non-hydrogen) atoms. The van der Waals surface area contributed by atoms with Crippen LogP contribution in [0.1, 0.15) is 34.6 Å². The van der Waals surface area contributed by atoms with E-state index in [-0.39, 0.29) is 5.54 Å². The first-order chi connectivity index (χ1) is 5.48. The van der Waals surface area contributed by atoms with Gasteiger partial charge < -0.3 is 5.32 Å². The lowest BCUT2D eigenvalue weighted by Crippen LogP contribution is -2.48. The first kappa shape index (κ1) is 9.63. The van der Waals surface area contributed by atoms with E-state index in [1.807, 2.05) is 0 Å². The highest BCUT2D eigenvalue weighted by atomic mass is 15.0. The average Bonchev–Trinajstić information content (AvgIpc) is 2.32. The third kappa shape index (κ3) is 1.37.